The lowest BCUT2D eigenvalue weighted by Crippen LogP contribution is -2.43. The summed E-state index contributed by atoms with van der Waals surface area (Å²) >= 11 is 0. The first kappa shape index (κ1) is 14.6. The summed E-state index contributed by atoms with van der Waals surface area (Å²) < 4.78 is 61.0. The van der Waals surface area contributed by atoms with Crippen molar-refractivity contribution >= 4 is 21.7 Å². The zero-order chi connectivity index (χ0) is 15.1. The number of halogens is 3. The molecule has 20 heavy (non-hydrogen) atoms. The molecule has 0 fully saturated rings. The highest BCUT2D eigenvalue weighted by molar-refractivity contribution is 7.93. The van der Waals surface area contributed by atoms with E-state index in [9.17, 15) is 26.4 Å². The normalized spacial score (nSPS) is 15.8. The van der Waals surface area contributed by atoms with Gasteiger partial charge in [0.25, 0.3) is 0 Å². The molecule has 1 N–H and O–H groups in total. The standard InChI is InChI=1S/C11H10F3NO4S/c12-11(13,14)20(18,19)15-5-1-2-7-6-8(10(16)17)3-4-9(7)15/h3-4,6H,1-2,5H2,(H,16,17). The number of carboxylic acids is 1. The van der Waals surface area contributed by atoms with Gasteiger partial charge < -0.3 is 5.11 Å². The molecule has 0 saturated carbocycles. The molecule has 1 aliphatic heterocycles. The van der Waals surface area contributed by atoms with Gasteiger partial charge in [-0.05, 0) is 36.6 Å². The number of sulfonamides is 1. The average molecular weight is 309 g/mol. The van der Waals surface area contributed by atoms with E-state index >= 15 is 0 Å². The number of carbonyl (C=O) groups is 1. The van der Waals surface area contributed by atoms with Crippen LogP contribution >= 0.6 is 0 Å². The Morgan fingerprint density at radius 3 is 2.50 bits per heavy atom. The van der Waals surface area contributed by atoms with Crippen molar-refractivity contribution in [1.29, 1.82) is 0 Å². The van der Waals surface area contributed by atoms with Crippen molar-refractivity contribution in [1.82, 2.24) is 0 Å². The maximum atomic E-state index is 12.6. The fourth-order valence-electron chi connectivity index (χ4n) is 2.07. The van der Waals surface area contributed by atoms with Crippen LogP contribution in [0.2, 0.25) is 0 Å². The molecule has 0 spiro atoms. The minimum atomic E-state index is -5.46. The zero-order valence-corrected chi connectivity index (χ0v) is 10.8. The van der Waals surface area contributed by atoms with E-state index in [0.717, 1.165) is 12.1 Å². The second kappa shape index (κ2) is 4.65. The van der Waals surface area contributed by atoms with Crippen LogP contribution in [0.3, 0.4) is 0 Å². The molecule has 0 saturated heterocycles. The average Bonchev–Trinajstić information content (AvgIpc) is 2.35. The Hall–Kier alpha value is -1.77. The lowest BCUT2D eigenvalue weighted by Gasteiger charge is -2.31. The molecule has 110 valence electrons. The molecule has 2 rings (SSSR count). The molecule has 0 unspecified atom stereocenters. The van der Waals surface area contributed by atoms with Gasteiger partial charge in [-0.1, -0.05) is 0 Å². The first-order valence-corrected chi connectivity index (χ1v) is 7.04. The number of hydrogen-bond donors (Lipinski definition) is 1. The van der Waals surface area contributed by atoms with Crippen LogP contribution in [0.25, 0.3) is 0 Å². The van der Waals surface area contributed by atoms with Gasteiger partial charge >= 0.3 is 21.5 Å². The van der Waals surface area contributed by atoms with Crippen LogP contribution in [0.5, 0.6) is 0 Å². The molecule has 0 amide bonds. The third-order valence-electron chi connectivity index (χ3n) is 2.99. The highest BCUT2D eigenvalue weighted by Crippen LogP contribution is 2.36. The molecule has 5 nitrogen and oxygen atoms in total. The lowest BCUT2D eigenvalue weighted by molar-refractivity contribution is -0.0438. The van der Waals surface area contributed by atoms with Crippen LogP contribution in [-0.2, 0) is 16.4 Å². The van der Waals surface area contributed by atoms with Gasteiger partial charge in [0.1, 0.15) is 0 Å². The van der Waals surface area contributed by atoms with Crippen molar-refractivity contribution in [3.63, 3.8) is 0 Å². The van der Waals surface area contributed by atoms with Crippen molar-refractivity contribution in [3.8, 4) is 0 Å². The van der Waals surface area contributed by atoms with E-state index in [0.29, 0.717) is 6.42 Å². The van der Waals surface area contributed by atoms with Gasteiger partial charge in [0, 0.05) is 6.54 Å². The predicted molar refractivity (Wildman–Crippen MR) is 64.0 cm³/mol. The molecule has 0 radical (unpaired) electrons. The van der Waals surface area contributed by atoms with Gasteiger partial charge in [0.15, 0.2) is 0 Å². The summed E-state index contributed by atoms with van der Waals surface area (Å²) in [5.74, 6) is -1.22. The number of benzene rings is 1. The van der Waals surface area contributed by atoms with Crippen LogP contribution in [0, 0.1) is 0 Å². The molecule has 1 aliphatic rings. The van der Waals surface area contributed by atoms with Gasteiger partial charge in [-0.3, -0.25) is 4.31 Å². The van der Waals surface area contributed by atoms with Crippen LogP contribution in [0.15, 0.2) is 18.2 Å². The molecular formula is C11H10F3NO4S. The number of carboxylic acid groups (broad SMARTS) is 1. The number of fused-ring (bicyclic) bond motifs is 1. The second-order valence-corrected chi connectivity index (χ2v) is 6.13. The van der Waals surface area contributed by atoms with Crippen molar-refractivity contribution < 1.29 is 31.5 Å². The van der Waals surface area contributed by atoms with Crippen LogP contribution in [0.1, 0.15) is 22.3 Å². The highest BCUT2D eigenvalue weighted by Gasteiger charge is 2.50. The predicted octanol–water partition coefficient (Wildman–Crippen LogP) is 1.99. The maximum absolute atomic E-state index is 12.6. The molecule has 0 bridgehead atoms. The fourth-order valence-corrected chi connectivity index (χ4v) is 3.13. The zero-order valence-electron chi connectivity index (χ0n) is 10.0. The SMILES string of the molecule is O=C(O)c1ccc2c(c1)CCCN2S(=O)(=O)C(F)(F)F. The summed E-state index contributed by atoms with van der Waals surface area (Å²) in [4.78, 5) is 10.8. The molecule has 1 aromatic rings. The minimum absolute atomic E-state index is 0.0880. The van der Waals surface area contributed by atoms with Gasteiger partial charge in [0.2, 0.25) is 0 Å². The van der Waals surface area contributed by atoms with Crippen molar-refractivity contribution in [2.45, 2.75) is 18.3 Å². The Morgan fingerprint density at radius 2 is 1.95 bits per heavy atom. The number of aryl methyl sites for hydroxylation is 1. The Bertz CT molecular complexity index is 654. The third kappa shape index (κ3) is 2.33. The molecule has 9 heteroatoms. The topological polar surface area (TPSA) is 74.7 Å². The monoisotopic (exact) mass is 309 g/mol. The first-order valence-electron chi connectivity index (χ1n) is 5.60. The molecule has 0 aromatic heterocycles. The van der Waals surface area contributed by atoms with Gasteiger partial charge in [-0.25, -0.2) is 4.79 Å². The van der Waals surface area contributed by atoms with Crippen molar-refractivity contribution in [2.24, 2.45) is 0 Å². The Labute approximate surface area is 112 Å². The highest BCUT2D eigenvalue weighted by atomic mass is 32.2. The quantitative estimate of drug-likeness (QED) is 0.906. The van der Waals surface area contributed by atoms with E-state index in [2.05, 4.69) is 0 Å². The maximum Gasteiger partial charge on any atom is 0.516 e. The summed E-state index contributed by atoms with van der Waals surface area (Å²) in [6, 6.07) is 3.39. The number of hydrogen-bond acceptors (Lipinski definition) is 3. The number of rotatable bonds is 2. The Kier molecular flexibility index (Phi) is 3.41. The summed E-state index contributed by atoms with van der Waals surface area (Å²) in [6.07, 6.45) is 0.533. The summed E-state index contributed by atoms with van der Waals surface area (Å²) in [7, 11) is -5.46. The number of anilines is 1. The fraction of sp³-hybridized carbons (Fsp3) is 0.364. The number of nitrogens with zero attached hydrogens (tertiary/aromatic N) is 1. The molecular weight excluding hydrogens is 299 g/mol. The Morgan fingerprint density at radius 1 is 1.30 bits per heavy atom. The van der Waals surface area contributed by atoms with E-state index in [1.807, 2.05) is 0 Å². The van der Waals surface area contributed by atoms with Crippen molar-refractivity contribution in [3.05, 3.63) is 29.3 Å². The number of aromatic carboxylic acids is 1. The summed E-state index contributed by atoms with van der Waals surface area (Å²) in [6.45, 7) is -0.277. The van der Waals surface area contributed by atoms with Crippen LogP contribution < -0.4 is 4.31 Å². The third-order valence-corrected chi connectivity index (χ3v) is 4.53. The lowest BCUT2D eigenvalue weighted by atomic mass is 10.0. The Balaban J connectivity index is 2.52. The smallest absolute Gasteiger partial charge is 0.478 e. The van der Waals surface area contributed by atoms with E-state index < -0.39 is 21.5 Å². The van der Waals surface area contributed by atoms with E-state index in [-0.39, 0.29) is 34.1 Å². The largest absolute Gasteiger partial charge is 0.516 e. The van der Waals surface area contributed by atoms with Gasteiger partial charge in [-0.15, -0.1) is 0 Å². The molecule has 1 aromatic carbocycles. The van der Waals surface area contributed by atoms with Crippen molar-refractivity contribution in [2.75, 3.05) is 10.8 Å². The van der Waals surface area contributed by atoms with E-state index in [4.69, 9.17) is 5.11 Å². The summed E-state index contributed by atoms with van der Waals surface area (Å²) in [5, 5.41) is 8.83. The van der Waals surface area contributed by atoms with E-state index in [1.54, 1.807) is 0 Å². The minimum Gasteiger partial charge on any atom is -0.478 e. The van der Waals surface area contributed by atoms with Crippen LogP contribution in [0.4, 0.5) is 18.9 Å². The summed E-state index contributed by atoms with van der Waals surface area (Å²) in [5.41, 5.74) is -5.30. The second-order valence-electron chi connectivity index (χ2n) is 4.28. The molecule has 0 aliphatic carbocycles. The van der Waals surface area contributed by atoms with Gasteiger partial charge in [0.05, 0.1) is 11.3 Å². The first-order chi connectivity index (χ1) is 9.14. The number of alkyl halides is 3. The van der Waals surface area contributed by atoms with Crippen LogP contribution in [-0.4, -0.2) is 31.5 Å². The molecule has 1 heterocycles. The van der Waals surface area contributed by atoms with Gasteiger partial charge in [-0.2, -0.15) is 21.6 Å². The molecule has 0 atom stereocenters. The van der Waals surface area contributed by atoms with E-state index in [1.165, 1.54) is 6.07 Å².